The van der Waals surface area contributed by atoms with Gasteiger partial charge in [0.25, 0.3) is 0 Å². The lowest BCUT2D eigenvalue weighted by molar-refractivity contribution is -0.143. The minimum Gasteiger partial charge on any atom is -0.368 e. The third-order valence-electron chi connectivity index (χ3n) is 5.12. The number of aliphatic hydroxyl groups is 2. The second-order valence-electron chi connectivity index (χ2n) is 7.49. The molecule has 1 unspecified atom stereocenters. The number of rotatable bonds is 8. The topological polar surface area (TPSA) is 106 Å². The number of halogens is 3. The zero-order valence-electron chi connectivity index (χ0n) is 17.2. The number of aromatic nitrogens is 7. The third kappa shape index (κ3) is 4.81. The molecule has 0 aliphatic carbocycles. The largest absolute Gasteiger partial charge is 0.391 e. The molecule has 32 heavy (non-hydrogen) atoms. The van der Waals surface area contributed by atoms with Gasteiger partial charge in [0.2, 0.25) is 0 Å². The monoisotopic (exact) mass is 449 g/mol. The molecule has 1 atom stereocenters. The molecule has 170 valence electrons. The van der Waals surface area contributed by atoms with Gasteiger partial charge in [0.05, 0.1) is 54.2 Å². The van der Waals surface area contributed by atoms with Crippen molar-refractivity contribution >= 4 is 5.52 Å². The Hall–Kier alpha value is -3.25. The quantitative estimate of drug-likeness (QED) is 0.401. The van der Waals surface area contributed by atoms with Crippen LogP contribution < -0.4 is 0 Å². The summed E-state index contributed by atoms with van der Waals surface area (Å²) >= 11 is 0. The first-order chi connectivity index (χ1) is 15.2. The lowest BCUT2D eigenvalue weighted by Crippen LogP contribution is -2.18. The molecule has 4 heterocycles. The molecule has 0 bridgehead atoms. The minimum atomic E-state index is -4.28. The maximum atomic E-state index is 12.9. The molecule has 4 rings (SSSR count). The van der Waals surface area contributed by atoms with Crippen molar-refractivity contribution in [3.63, 3.8) is 0 Å². The molecule has 0 aliphatic heterocycles. The molecule has 0 saturated carbocycles. The number of hydrogen-bond acceptors (Lipinski definition) is 6. The van der Waals surface area contributed by atoms with Gasteiger partial charge in [-0.05, 0) is 12.5 Å². The van der Waals surface area contributed by atoms with E-state index in [1.165, 1.54) is 10.9 Å². The van der Waals surface area contributed by atoms with E-state index in [2.05, 4.69) is 15.3 Å². The van der Waals surface area contributed by atoms with Gasteiger partial charge in [0.15, 0.2) is 6.29 Å². The normalized spacial score (nSPS) is 13.3. The van der Waals surface area contributed by atoms with Crippen LogP contribution in [0.5, 0.6) is 0 Å². The Kier molecular flexibility index (Phi) is 5.98. The van der Waals surface area contributed by atoms with Crippen LogP contribution in [0.15, 0.2) is 43.2 Å². The van der Waals surface area contributed by atoms with Crippen LogP contribution in [-0.2, 0) is 6.54 Å². The van der Waals surface area contributed by atoms with Gasteiger partial charge in [-0.1, -0.05) is 6.92 Å². The molecule has 0 aliphatic rings. The molecular formula is C20H22F3N7O2. The average molecular weight is 449 g/mol. The highest BCUT2D eigenvalue weighted by atomic mass is 19.4. The number of aryl methyl sites for hydroxylation is 1. The summed E-state index contributed by atoms with van der Waals surface area (Å²) in [5.74, 6) is 0. The Morgan fingerprint density at radius 2 is 1.81 bits per heavy atom. The predicted molar refractivity (Wildman–Crippen MR) is 108 cm³/mol. The Morgan fingerprint density at radius 3 is 2.53 bits per heavy atom. The van der Waals surface area contributed by atoms with Gasteiger partial charge >= 0.3 is 6.18 Å². The predicted octanol–water partition coefficient (Wildman–Crippen LogP) is 3.06. The Morgan fingerprint density at radius 1 is 1.03 bits per heavy atom. The second kappa shape index (κ2) is 8.71. The fourth-order valence-corrected chi connectivity index (χ4v) is 3.50. The molecule has 2 N–H and O–H groups in total. The smallest absolute Gasteiger partial charge is 0.368 e. The zero-order valence-corrected chi connectivity index (χ0v) is 17.2. The first-order valence-electron chi connectivity index (χ1n) is 10.1. The van der Waals surface area contributed by atoms with Crippen LogP contribution in [0.4, 0.5) is 13.2 Å². The van der Waals surface area contributed by atoms with E-state index in [-0.39, 0.29) is 12.8 Å². The highest BCUT2D eigenvalue weighted by Gasteiger charge is 2.32. The average Bonchev–Trinajstić information content (AvgIpc) is 3.49. The van der Waals surface area contributed by atoms with Crippen molar-refractivity contribution in [1.29, 1.82) is 0 Å². The molecule has 0 spiro atoms. The van der Waals surface area contributed by atoms with E-state index < -0.39 is 24.9 Å². The molecule has 0 radical (unpaired) electrons. The van der Waals surface area contributed by atoms with Crippen molar-refractivity contribution < 1.29 is 23.4 Å². The highest BCUT2D eigenvalue weighted by Crippen LogP contribution is 2.32. The van der Waals surface area contributed by atoms with E-state index in [0.29, 0.717) is 34.6 Å². The van der Waals surface area contributed by atoms with E-state index in [9.17, 15) is 13.2 Å². The molecule has 12 heteroatoms. The van der Waals surface area contributed by atoms with Gasteiger partial charge in [0, 0.05) is 36.5 Å². The van der Waals surface area contributed by atoms with Crippen molar-refractivity contribution in [1.82, 2.24) is 34.2 Å². The standard InChI is InChI=1S/C20H22F3N7O2/c1-2-15(7-20(21,22)23)29-11-14(9-26-29)19-17-3-5-24-30(17)12-16(27-19)13-8-25-28(10-13)6-4-18(31)32/h3,5,8-12,15,18,31-32H,2,4,6-7H2,1H3. The van der Waals surface area contributed by atoms with Gasteiger partial charge < -0.3 is 10.2 Å². The van der Waals surface area contributed by atoms with Crippen molar-refractivity contribution in [2.24, 2.45) is 0 Å². The van der Waals surface area contributed by atoms with Gasteiger partial charge in [-0.2, -0.15) is 28.5 Å². The summed E-state index contributed by atoms with van der Waals surface area (Å²) in [4.78, 5) is 4.71. The number of hydrogen-bond donors (Lipinski definition) is 2. The molecular weight excluding hydrogens is 427 g/mol. The van der Waals surface area contributed by atoms with Crippen LogP contribution in [0.3, 0.4) is 0 Å². The summed E-state index contributed by atoms with van der Waals surface area (Å²) in [6.07, 6.45) is 3.50. The van der Waals surface area contributed by atoms with Gasteiger partial charge in [-0.15, -0.1) is 0 Å². The van der Waals surface area contributed by atoms with Crippen LogP contribution in [0.1, 0.15) is 32.2 Å². The first kappa shape index (κ1) is 22.0. The number of nitrogens with zero attached hydrogens (tertiary/aromatic N) is 7. The molecule has 4 aromatic heterocycles. The third-order valence-corrected chi connectivity index (χ3v) is 5.12. The lowest BCUT2D eigenvalue weighted by Gasteiger charge is -2.17. The van der Waals surface area contributed by atoms with Crippen LogP contribution >= 0.6 is 0 Å². The Balaban J connectivity index is 1.68. The summed E-state index contributed by atoms with van der Waals surface area (Å²) < 4.78 is 43.3. The van der Waals surface area contributed by atoms with Gasteiger partial charge in [-0.3, -0.25) is 9.36 Å². The molecule has 0 fully saturated rings. The zero-order chi connectivity index (χ0) is 22.9. The summed E-state index contributed by atoms with van der Waals surface area (Å²) in [7, 11) is 0. The lowest BCUT2D eigenvalue weighted by atomic mass is 10.1. The van der Waals surface area contributed by atoms with E-state index in [0.717, 1.165) is 0 Å². The Labute approximate surface area is 180 Å². The van der Waals surface area contributed by atoms with Crippen molar-refractivity contribution in [2.75, 3.05) is 0 Å². The van der Waals surface area contributed by atoms with Crippen molar-refractivity contribution in [3.05, 3.63) is 43.2 Å². The molecule has 4 aromatic rings. The molecule has 9 nitrogen and oxygen atoms in total. The summed E-state index contributed by atoms with van der Waals surface area (Å²) in [5, 5.41) is 30.7. The molecule has 0 saturated heterocycles. The van der Waals surface area contributed by atoms with Crippen LogP contribution in [0.25, 0.3) is 28.0 Å². The molecule has 0 amide bonds. The van der Waals surface area contributed by atoms with Gasteiger partial charge in [0.1, 0.15) is 0 Å². The van der Waals surface area contributed by atoms with E-state index >= 15 is 0 Å². The first-order valence-corrected chi connectivity index (χ1v) is 10.1. The van der Waals surface area contributed by atoms with Crippen molar-refractivity contribution in [3.8, 4) is 22.5 Å². The second-order valence-corrected chi connectivity index (χ2v) is 7.49. The maximum Gasteiger partial charge on any atom is 0.391 e. The summed E-state index contributed by atoms with van der Waals surface area (Å²) in [5.41, 5.74) is 3.04. The number of fused-ring (bicyclic) bond motifs is 1. The van der Waals surface area contributed by atoms with Crippen LogP contribution in [-0.4, -0.2) is 56.8 Å². The number of alkyl halides is 3. The van der Waals surface area contributed by atoms with Crippen molar-refractivity contribution in [2.45, 2.75) is 51.2 Å². The number of aliphatic hydroxyl groups excluding tert-OH is 1. The minimum absolute atomic E-state index is 0.133. The van der Waals surface area contributed by atoms with Crippen LogP contribution in [0.2, 0.25) is 0 Å². The summed E-state index contributed by atoms with van der Waals surface area (Å²) in [6.45, 7) is 2.01. The van der Waals surface area contributed by atoms with E-state index in [1.54, 1.807) is 53.2 Å². The van der Waals surface area contributed by atoms with E-state index in [1.807, 2.05) is 0 Å². The van der Waals surface area contributed by atoms with Crippen LogP contribution in [0, 0.1) is 0 Å². The SMILES string of the molecule is CCC(CC(F)(F)F)n1cc(-c2nc(-c3cnn(CCC(O)O)c3)cn3nccc23)cn1. The molecule has 0 aromatic carbocycles. The maximum absolute atomic E-state index is 12.9. The fourth-order valence-electron chi connectivity index (χ4n) is 3.50. The van der Waals surface area contributed by atoms with E-state index in [4.69, 9.17) is 15.2 Å². The van der Waals surface area contributed by atoms with Gasteiger partial charge in [-0.25, -0.2) is 9.50 Å². The Bertz CT molecular complexity index is 1200. The highest BCUT2D eigenvalue weighted by molar-refractivity contribution is 5.78. The fraction of sp³-hybridized carbons (Fsp3) is 0.400. The summed E-state index contributed by atoms with van der Waals surface area (Å²) in [6, 6.07) is 0.968.